The summed E-state index contributed by atoms with van der Waals surface area (Å²) in [7, 11) is -3.48. The zero-order valence-corrected chi connectivity index (χ0v) is 17.5. The molecule has 0 saturated heterocycles. The maximum Gasteiger partial charge on any atom is 0.321 e. The lowest BCUT2D eigenvalue weighted by Gasteiger charge is -2.19. The molecule has 0 aliphatic heterocycles. The summed E-state index contributed by atoms with van der Waals surface area (Å²) in [4.78, 5) is 23.6. The molecular weight excluding hydrogens is 368 g/mol. The molecule has 3 amide bonds. The lowest BCUT2D eigenvalue weighted by Crippen LogP contribution is -2.87. The van der Waals surface area contributed by atoms with Gasteiger partial charge in [0.05, 0.1) is 4.90 Å². The van der Waals surface area contributed by atoms with Crippen LogP contribution in [-0.4, -0.2) is 50.3 Å². The van der Waals surface area contributed by atoms with Crippen LogP contribution >= 0.6 is 0 Å². The van der Waals surface area contributed by atoms with E-state index in [-0.39, 0.29) is 29.4 Å². The van der Waals surface area contributed by atoms with Crippen molar-refractivity contribution in [1.82, 2.24) is 14.9 Å². The van der Waals surface area contributed by atoms with E-state index in [2.05, 4.69) is 10.6 Å². The summed E-state index contributed by atoms with van der Waals surface area (Å²) < 4.78 is 26.4. The topological polar surface area (TPSA) is 112 Å². The molecule has 1 aromatic carbocycles. The zero-order chi connectivity index (χ0) is 20.6. The van der Waals surface area contributed by atoms with Gasteiger partial charge in [0.2, 0.25) is 10.0 Å². The molecule has 0 fully saturated rings. The average molecular weight is 400 g/mol. The Bertz CT molecular complexity index is 728. The first-order chi connectivity index (χ1) is 12.6. The number of hydrogen-bond donors (Lipinski definition) is 3. The van der Waals surface area contributed by atoms with E-state index in [4.69, 9.17) is 0 Å². The van der Waals surface area contributed by atoms with Crippen LogP contribution in [0.1, 0.15) is 46.2 Å². The Hall–Kier alpha value is -1.97. The third-order valence-electron chi connectivity index (χ3n) is 4.08. The lowest BCUT2D eigenvalue weighted by atomic mass is 10.1. The average Bonchev–Trinajstić information content (AvgIpc) is 2.59. The molecule has 0 aliphatic rings. The summed E-state index contributed by atoms with van der Waals surface area (Å²) in [5.41, 5.74) is 0.896. The summed E-state index contributed by atoms with van der Waals surface area (Å²) in [5.74, 6) is -0.388. The quantitative estimate of drug-likeness (QED) is 0.564. The van der Waals surface area contributed by atoms with Crippen molar-refractivity contribution in [3.63, 3.8) is 0 Å². The van der Waals surface area contributed by atoms with E-state index in [0.29, 0.717) is 13.1 Å². The van der Waals surface area contributed by atoms with E-state index in [1.165, 1.54) is 4.31 Å². The number of benzene rings is 1. The van der Waals surface area contributed by atoms with Gasteiger partial charge in [0.1, 0.15) is 6.04 Å². The number of amides is 3. The molecule has 1 rings (SSSR count). The highest BCUT2D eigenvalue weighted by Crippen LogP contribution is 2.18. The molecule has 0 spiro atoms. The molecule has 8 nitrogen and oxygen atoms in total. The first-order valence-electron chi connectivity index (χ1n) is 9.15. The summed E-state index contributed by atoms with van der Waals surface area (Å²) in [6.07, 6.45) is 0. The molecule has 1 atom stereocenters. The minimum absolute atomic E-state index is 0.0492. The Balaban J connectivity index is 2.66. The largest absolute Gasteiger partial charge is 0.336 e. The summed E-state index contributed by atoms with van der Waals surface area (Å²) in [5, 5.41) is 6.64. The van der Waals surface area contributed by atoms with Crippen LogP contribution in [0.15, 0.2) is 29.2 Å². The first kappa shape index (κ1) is 23.1. The van der Waals surface area contributed by atoms with Crippen molar-refractivity contribution in [3.05, 3.63) is 29.8 Å². The van der Waals surface area contributed by atoms with Crippen molar-refractivity contribution in [2.45, 2.75) is 51.6 Å². The Kier molecular flexibility index (Phi) is 8.87. The molecule has 0 aliphatic carbocycles. The molecule has 0 aromatic heterocycles. The molecule has 0 heterocycles. The molecule has 152 valence electrons. The molecule has 4 N–H and O–H groups in total. The van der Waals surface area contributed by atoms with Gasteiger partial charge in [-0.25, -0.2) is 13.2 Å². The fraction of sp³-hybridized carbons (Fsp3) is 0.556. The van der Waals surface area contributed by atoms with Crippen LogP contribution in [0.5, 0.6) is 0 Å². The second-order valence-electron chi connectivity index (χ2n) is 6.56. The van der Waals surface area contributed by atoms with Crippen LogP contribution in [0, 0.1) is 0 Å². The van der Waals surface area contributed by atoms with Gasteiger partial charge in [-0.2, -0.15) is 4.31 Å². The van der Waals surface area contributed by atoms with Gasteiger partial charge < -0.3 is 10.6 Å². The van der Waals surface area contributed by atoms with Crippen molar-refractivity contribution in [1.29, 1.82) is 0 Å². The lowest BCUT2D eigenvalue weighted by molar-refractivity contribution is -0.682. The van der Waals surface area contributed by atoms with E-state index < -0.39 is 16.1 Å². The van der Waals surface area contributed by atoms with E-state index in [1.54, 1.807) is 43.4 Å². The van der Waals surface area contributed by atoms with Gasteiger partial charge >= 0.3 is 6.03 Å². The molecule has 9 heteroatoms. The van der Waals surface area contributed by atoms with Crippen molar-refractivity contribution in [2.24, 2.45) is 0 Å². The minimum atomic E-state index is -3.48. The fourth-order valence-electron chi connectivity index (χ4n) is 2.55. The number of rotatable bonds is 9. The van der Waals surface area contributed by atoms with Gasteiger partial charge in [-0.15, -0.1) is 0 Å². The summed E-state index contributed by atoms with van der Waals surface area (Å²) in [6.45, 7) is 10.1. The second kappa shape index (κ2) is 10.4. The fourth-order valence-corrected chi connectivity index (χ4v) is 4.01. The standard InChI is InChI=1S/C18H30N4O4S/c1-6-22(7-2)27(25,26)16-10-8-15(9-11-16)14(5)19-12-17(23)21-18(24)20-13(3)4/h8-11,13-14,19H,6-7,12H2,1-5H3,(H2,20,21,23,24)/p+1/t14-/m1/s1. The smallest absolute Gasteiger partial charge is 0.321 e. The molecule has 0 radical (unpaired) electrons. The van der Waals surface area contributed by atoms with Crippen LogP contribution in [0.4, 0.5) is 4.79 Å². The molecule has 0 unspecified atom stereocenters. The van der Waals surface area contributed by atoms with Gasteiger partial charge in [-0.1, -0.05) is 26.0 Å². The number of sulfonamides is 1. The molecule has 1 aromatic rings. The van der Waals surface area contributed by atoms with Crippen molar-refractivity contribution >= 4 is 22.0 Å². The highest BCUT2D eigenvalue weighted by atomic mass is 32.2. The summed E-state index contributed by atoms with van der Waals surface area (Å²) >= 11 is 0. The van der Waals surface area contributed by atoms with Gasteiger partial charge in [0.25, 0.3) is 5.91 Å². The highest BCUT2D eigenvalue weighted by Gasteiger charge is 2.22. The van der Waals surface area contributed by atoms with Crippen LogP contribution in [0.25, 0.3) is 0 Å². The highest BCUT2D eigenvalue weighted by molar-refractivity contribution is 7.89. The maximum atomic E-state index is 12.5. The van der Waals surface area contributed by atoms with Crippen LogP contribution in [0.3, 0.4) is 0 Å². The normalized spacial score (nSPS) is 12.9. The predicted octanol–water partition coefficient (Wildman–Crippen LogP) is 0.576. The number of quaternary nitrogens is 1. The number of nitrogens with one attached hydrogen (secondary N) is 2. The minimum Gasteiger partial charge on any atom is -0.336 e. The van der Waals surface area contributed by atoms with Gasteiger partial charge in [-0.3, -0.25) is 10.1 Å². The van der Waals surface area contributed by atoms with Crippen LogP contribution in [-0.2, 0) is 14.8 Å². The second-order valence-corrected chi connectivity index (χ2v) is 8.50. The molecule has 0 saturated carbocycles. The Labute approximate surface area is 161 Å². The van der Waals surface area contributed by atoms with Crippen molar-refractivity contribution < 1.29 is 23.3 Å². The Morgan fingerprint density at radius 3 is 2.11 bits per heavy atom. The third kappa shape index (κ3) is 6.93. The molecule has 0 bridgehead atoms. The molecule has 27 heavy (non-hydrogen) atoms. The summed E-state index contributed by atoms with van der Waals surface area (Å²) in [6, 6.07) is 6.05. The van der Waals surface area contributed by atoms with Crippen molar-refractivity contribution in [3.8, 4) is 0 Å². The third-order valence-corrected chi connectivity index (χ3v) is 6.14. The number of nitrogens with zero attached hydrogens (tertiary/aromatic N) is 1. The van der Waals surface area contributed by atoms with E-state index in [0.717, 1.165) is 5.56 Å². The Morgan fingerprint density at radius 2 is 1.63 bits per heavy atom. The van der Waals surface area contributed by atoms with Crippen molar-refractivity contribution in [2.75, 3.05) is 19.6 Å². The zero-order valence-electron chi connectivity index (χ0n) is 16.7. The van der Waals surface area contributed by atoms with E-state index in [9.17, 15) is 18.0 Å². The number of hydrogen-bond acceptors (Lipinski definition) is 4. The number of imide groups is 1. The monoisotopic (exact) mass is 399 g/mol. The van der Waals surface area contributed by atoms with Gasteiger partial charge in [0.15, 0.2) is 6.54 Å². The van der Waals surface area contributed by atoms with E-state index >= 15 is 0 Å². The molecular formula is C18H31N4O4S+. The number of nitrogens with two attached hydrogens (primary N) is 1. The van der Waals surface area contributed by atoms with Crippen LogP contribution in [0.2, 0.25) is 0 Å². The number of carbonyl (C=O) groups is 2. The number of urea groups is 1. The van der Waals surface area contributed by atoms with Gasteiger partial charge in [-0.05, 0) is 32.9 Å². The maximum absolute atomic E-state index is 12.5. The SMILES string of the molecule is CCN(CC)S(=O)(=O)c1ccc([C@@H](C)[NH2+]CC(=O)NC(=O)NC(C)C)cc1. The van der Waals surface area contributed by atoms with Gasteiger partial charge in [0, 0.05) is 24.7 Å². The van der Waals surface area contributed by atoms with E-state index in [1.807, 2.05) is 20.8 Å². The first-order valence-corrected chi connectivity index (χ1v) is 10.6. The Morgan fingerprint density at radius 1 is 1.07 bits per heavy atom. The predicted molar refractivity (Wildman–Crippen MR) is 104 cm³/mol. The number of carbonyl (C=O) groups excluding carboxylic acids is 2. The van der Waals surface area contributed by atoms with Crippen LogP contribution < -0.4 is 16.0 Å².